The minimum Gasteiger partial charge on any atom is -0.328 e. The Balaban J connectivity index is 3.30. The summed E-state index contributed by atoms with van der Waals surface area (Å²) in [5.74, 6) is 1.68. The van der Waals surface area contributed by atoms with Crippen molar-refractivity contribution in [2.75, 3.05) is 0 Å². The first-order chi connectivity index (χ1) is 5.57. The lowest BCUT2D eigenvalue weighted by Gasteiger charge is -2.16. The van der Waals surface area contributed by atoms with E-state index < -0.39 is 0 Å². The summed E-state index contributed by atoms with van der Waals surface area (Å²) < 4.78 is 0. The van der Waals surface area contributed by atoms with Crippen molar-refractivity contribution in [3.63, 3.8) is 0 Å². The number of hydrogen-bond donors (Lipinski definition) is 1. The topological polar surface area (TPSA) is 26.0 Å². The first kappa shape index (κ1) is 12.0. The smallest absolute Gasteiger partial charge is 0.00362 e. The van der Waals surface area contributed by atoms with E-state index in [4.69, 9.17) is 5.73 Å². The van der Waals surface area contributed by atoms with Gasteiger partial charge in [-0.1, -0.05) is 40.5 Å². The van der Waals surface area contributed by atoms with Gasteiger partial charge in [0.15, 0.2) is 0 Å². The number of rotatable bonds is 6. The summed E-state index contributed by atoms with van der Waals surface area (Å²) in [7, 11) is 0. The predicted molar refractivity (Wildman–Crippen MR) is 56.1 cm³/mol. The van der Waals surface area contributed by atoms with Crippen molar-refractivity contribution in [2.45, 2.75) is 59.4 Å². The third-order valence-corrected chi connectivity index (χ3v) is 2.90. The molecule has 12 heavy (non-hydrogen) atoms. The molecule has 0 amide bonds. The van der Waals surface area contributed by atoms with E-state index in [1.54, 1.807) is 0 Å². The Morgan fingerprint density at radius 1 is 1.08 bits per heavy atom. The number of nitrogens with two attached hydrogens (primary N) is 1. The van der Waals surface area contributed by atoms with Gasteiger partial charge in [-0.25, -0.2) is 0 Å². The first-order valence-electron chi connectivity index (χ1n) is 5.33. The maximum Gasteiger partial charge on any atom is 0.00362 e. The standard InChI is InChI=1S/C11H25N/c1-5-11(12)8-6-7-10(4)9(2)3/h9-11H,5-8,12H2,1-4H3/t10-,11?/m1/s1. The highest BCUT2D eigenvalue weighted by Crippen LogP contribution is 2.17. The third-order valence-electron chi connectivity index (χ3n) is 2.90. The van der Waals surface area contributed by atoms with E-state index >= 15 is 0 Å². The van der Waals surface area contributed by atoms with E-state index in [2.05, 4.69) is 27.7 Å². The summed E-state index contributed by atoms with van der Waals surface area (Å²) in [6.07, 6.45) is 4.96. The Kier molecular flexibility index (Phi) is 6.45. The molecule has 0 aromatic carbocycles. The number of hydrogen-bond acceptors (Lipinski definition) is 1. The molecule has 1 heteroatoms. The molecule has 0 aliphatic rings. The fraction of sp³-hybridized carbons (Fsp3) is 1.00. The lowest BCUT2D eigenvalue weighted by molar-refractivity contribution is 0.369. The zero-order valence-electron chi connectivity index (χ0n) is 9.14. The fourth-order valence-corrected chi connectivity index (χ4v) is 1.24. The third kappa shape index (κ3) is 5.59. The lowest BCUT2D eigenvalue weighted by Crippen LogP contribution is -2.18. The van der Waals surface area contributed by atoms with Crippen LogP contribution in [0.25, 0.3) is 0 Å². The van der Waals surface area contributed by atoms with Crippen molar-refractivity contribution in [3.05, 3.63) is 0 Å². The quantitative estimate of drug-likeness (QED) is 0.652. The Labute approximate surface area is 77.7 Å². The molecule has 0 rings (SSSR count). The van der Waals surface area contributed by atoms with Gasteiger partial charge in [-0.15, -0.1) is 0 Å². The fourth-order valence-electron chi connectivity index (χ4n) is 1.24. The summed E-state index contributed by atoms with van der Waals surface area (Å²) in [5.41, 5.74) is 5.84. The summed E-state index contributed by atoms with van der Waals surface area (Å²) >= 11 is 0. The van der Waals surface area contributed by atoms with Crippen molar-refractivity contribution in [2.24, 2.45) is 17.6 Å². The van der Waals surface area contributed by atoms with Crippen LogP contribution in [0, 0.1) is 11.8 Å². The van der Waals surface area contributed by atoms with Crippen molar-refractivity contribution in [3.8, 4) is 0 Å². The molecule has 74 valence electrons. The second-order valence-electron chi connectivity index (χ2n) is 4.32. The molecule has 0 aliphatic carbocycles. The summed E-state index contributed by atoms with van der Waals surface area (Å²) in [6.45, 7) is 9.09. The zero-order valence-corrected chi connectivity index (χ0v) is 9.14. The van der Waals surface area contributed by atoms with E-state index in [1.165, 1.54) is 19.3 Å². The molecule has 0 spiro atoms. The van der Waals surface area contributed by atoms with Crippen LogP contribution in [-0.2, 0) is 0 Å². The van der Waals surface area contributed by atoms with Crippen LogP contribution in [-0.4, -0.2) is 6.04 Å². The highest BCUT2D eigenvalue weighted by Gasteiger charge is 2.07. The molecule has 0 radical (unpaired) electrons. The molecule has 0 heterocycles. The van der Waals surface area contributed by atoms with Crippen LogP contribution in [0.4, 0.5) is 0 Å². The van der Waals surface area contributed by atoms with Crippen LogP contribution in [0.5, 0.6) is 0 Å². The SMILES string of the molecule is CCC(N)CCC[C@@H](C)C(C)C. The lowest BCUT2D eigenvalue weighted by atomic mass is 9.91. The molecule has 0 bridgehead atoms. The van der Waals surface area contributed by atoms with Gasteiger partial charge in [0.2, 0.25) is 0 Å². The maximum atomic E-state index is 5.84. The molecule has 1 unspecified atom stereocenters. The van der Waals surface area contributed by atoms with E-state index in [1.807, 2.05) is 0 Å². The molecule has 0 aromatic rings. The molecule has 0 saturated carbocycles. The van der Waals surface area contributed by atoms with Crippen molar-refractivity contribution in [1.82, 2.24) is 0 Å². The maximum absolute atomic E-state index is 5.84. The van der Waals surface area contributed by atoms with Crippen LogP contribution >= 0.6 is 0 Å². The van der Waals surface area contributed by atoms with Crippen LogP contribution in [0.1, 0.15) is 53.4 Å². The van der Waals surface area contributed by atoms with Gasteiger partial charge in [-0.05, 0) is 24.7 Å². The Morgan fingerprint density at radius 2 is 1.67 bits per heavy atom. The average Bonchev–Trinajstić information content (AvgIpc) is 2.03. The molecular formula is C11H25N. The Hall–Kier alpha value is -0.0400. The van der Waals surface area contributed by atoms with Gasteiger partial charge in [-0.3, -0.25) is 0 Å². The molecule has 0 aromatic heterocycles. The highest BCUT2D eigenvalue weighted by atomic mass is 14.6. The van der Waals surface area contributed by atoms with Gasteiger partial charge in [0.1, 0.15) is 0 Å². The minimum atomic E-state index is 0.435. The normalized spacial score (nSPS) is 16.5. The second kappa shape index (κ2) is 6.47. The summed E-state index contributed by atoms with van der Waals surface area (Å²) in [6, 6.07) is 0.435. The highest BCUT2D eigenvalue weighted by molar-refractivity contribution is 4.62. The van der Waals surface area contributed by atoms with Crippen LogP contribution in [0.15, 0.2) is 0 Å². The monoisotopic (exact) mass is 171 g/mol. The molecule has 0 saturated heterocycles. The minimum absolute atomic E-state index is 0.435. The van der Waals surface area contributed by atoms with Crippen molar-refractivity contribution >= 4 is 0 Å². The van der Waals surface area contributed by atoms with E-state index in [9.17, 15) is 0 Å². The predicted octanol–water partition coefficient (Wildman–Crippen LogP) is 3.19. The van der Waals surface area contributed by atoms with Crippen LogP contribution in [0.3, 0.4) is 0 Å². The average molecular weight is 171 g/mol. The van der Waals surface area contributed by atoms with E-state index in [0.717, 1.165) is 18.3 Å². The Morgan fingerprint density at radius 3 is 2.08 bits per heavy atom. The molecular weight excluding hydrogens is 146 g/mol. The van der Waals surface area contributed by atoms with Crippen LogP contribution < -0.4 is 5.73 Å². The summed E-state index contributed by atoms with van der Waals surface area (Å²) in [5, 5.41) is 0. The molecule has 1 nitrogen and oxygen atoms in total. The van der Waals surface area contributed by atoms with Crippen LogP contribution in [0.2, 0.25) is 0 Å². The molecule has 0 fully saturated rings. The van der Waals surface area contributed by atoms with E-state index in [-0.39, 0.29) is 0 Å². The van der Waals surface area contributed by atoms with Gasteiger partial charge < -0.3 is 5.73 Å². The van der Waals surface area contributed by atoms with Gasteiger partial charge in [0.05, 0.1) is 0 Å². The molecule has 0 aliphatic heterocycles. The van der Waals surface area contributed by atoms with Gasteiger partial charge >= 0.3 is 0 Å². The molecule has 2 atom stereocenters. The van der Waals surface area contributed by atoms with Crippen molar-refractivity contribution in [1.29, 1.82) is 0 Å². The van der Waals surface area contributed by atoms with Gasteiger partial charge in [-0.2, -0.15) is 0 Å². The summed E-state index contributed by atoms with van der Waals surface area (Å²) in [4.78, 5) is 0. The largest absolute Gasteiger partial charge is 0.328 e. The Bertz CT molecular complexity index is 99.2. The van der Waals surface area contributed by atoms with Gasteiger partial charge in [0, 0.05) is 6.04 Å². The first-order valence-corrected chi connectivity index (χ1v) is 5.33. The van der Waals surface area contributed by atoms with Gasteiger partial charge in [0.25, 0.3) is 0 Å². The zero-order chi connectivity index (χ0) is 9.56. The second-order valence-corrected chi connectivity index (χ2v) is 4.32. The molecule has 2 N–H and O–H groups in total. The van der Waals surface area contributed by atoms with E-state index in [0.29, 0.717) is 6.04 Å². The van der Waals surface area contributed by atoms with Crippen molar-refractivity contribution < 1.29 is 0 Å².